The summed E-state index contributed by atoms with van der Waals surface area (Å²) in [5.74, 6) is 0.559. The van der Waals surface area contributed by atoms with E-state index in [1.54, 1.807) is 42.5 Å². The fourth-order valence-electron chi connectivity index (χ4n) is 3.10. The van der Waals surface area contributed by atoms with Crippen molar-refractivity contribution in [3.8, 4) is 17.2 Å². The Labute approximate surface area is 208 Å². The zero-order valence-corrected chi connectivity index (χ0v) is 19.7. The molecule has 3 aromatic carbocycles. The normalized spacial score (nSPS) is 11.5. The molecule has 0 bridgehead atoms. The zero-order chi connectivity index (χ0) is 25.8. The van der Waals surface area contributed by atoms with Crippen molar-refractivity contribution < 1.29 is 28.1 Å². The molecule has 10 heteroatoms. The Morgan fingerprint density at radius 2 is 1.42 bits per heavy atom. The molecule has 0 saturated heterocycles. The smallest absolute Gasteiger partial charge is 0.185 e. The molecule has 3 rings (SSSR count). The van der Waals surface area contributed by atoms with Crippen molar-refractivity contribution in [3.63, 3.8) is 0 Å². The van der Waals surface area contributed by atoms with Crippen molar-refractivity contribution in [2.24, 2.45) is 5.73 Å². The van der Waals surface area contributed by atoms with E-state index in [-0.39, 0.29) is 37.4 Å². The van der Waals surface area contributed by atoms with Crippen molar-refractivity contribution in [1.29, 1.82) is 5.41 Å². The number of rotatable bonds is 14. The lowest BCUT2D eigenvalue weighted by atomic mass is 10.2. The third-order valence-electron chi connectivity index (χ3n) is 4.97. The highest BCUT2D eigenvalue weighted by Crippen LogP contribution is 2.33. The van der Waals surface area contributed by atoms with Gasteiger partial charge in [-0.05, 0) is 47.5 Å². The number of hydrogen-bond donors (Lipinski definition) is 5. The third-order valence-corrected chi connectivity index (χ3v) is 4.97. The van der Waals surface area contributed by atoms with Crippen molar-refractivity contribution in [2.75, 3.05) is 26.2 Å². The molecule has 36 heavy (non-hydrogen) atoms. The molecule has 0 spiro atoms. The molecule has 0 aliphatic rings. The Morgan fingerprint density at radius 1 is 0.833 bits per heavy atom. The van der Waals surface area contributed by atoms with E-state index in [9.17, 15) is 13.9 Å². The van der Waals surface area contributed by atoms with Crippen LogP contribution in [-0.4, -0.2) is 43.4 Å². The Balaban J connectivity index is 1.59. The molecule has 0 heterocycles. The van der Waals surface area contributed by atoms with Crippen LogP contribution in [0.3, 0.4) is 0 Å². The topological polar surface area (TPSA) is 122 Å². The van der Waals surface area contributed by atoms with Gasteiger partial charge in [-0.15, -0.1) is 0 Å². The van der Waals surface area contributed by atoms with Crippen LogP contribution in [0.15, 0.2) is 66.7 Å². The van der Waals surface area contributed by atoms with Gasteiger partial charge < -0.3 is 35.7 Å². The summed E-state index contributed by atoms with van der Waals surface area (Å²) in [7, 11) is 0. The summed E-state index contributed by atoms with van der Waals surface area (Å²) in [6, 6.07) is 17.0. The minimum atomic E-state index is -0.764. The number of nitrogens with two attached hydrogens (primary N) is 1. The average Bonchev–Trinajstić information content (AvgIpc) is 2.87. The quantitative estimate of drug-likeness (QED) is 0.131. The standard InChI is InChI=1S/C26H30F2N4O4/c27-20-5-1-18(2-6-20)15-35-24-10-9-23(34-17-22(33)14-31-11-12-32-26(29)30)13-25(24)36-16-19-3-7-21(28)8-4-19/h1-10,13,22,31,33H,11-12,14-17H2,(H4,29,30,32)/t22-/m1/s1. The van der Waals surface area contributed by atoms with E-state index >= 15 is 0 Å². The van der Waals surface area contributed by atoms with Gasteiger partial charge in [-0.3, -0.25) is 5.41 Å². The highest BCUT2D eigenvalue weighted by Gasteiger charge is 2.11. The zero-order valence-electron chi connectivity index (χ0n) is 19.7. The molecule has 0 saturated carbocycles. The summed E-state index contributed by atoms with van der Waals surface area (Å²) in [6.07, 6.45) is -0.764. The van der Waals surface area contributed by atoms with Crippen LogP contribution in [0.2, 0.25) is 0 Å². The van der Waals surface area contributed by atoms with Crippen LogP contribution in [0, 0.1) is 17.0 Å². The van der Waals surface area contributed by atoms with E-state index < -0.39 is 6.10 Å². The minimum absolute atomic E-state index is 0.0420. The summed E-state index contributed by atoms with van der Waals surface area (Å²) in [5.41, 5.74) is 6.77. The second kappa shape index (κ2) is 13.9. The van der Waals surface area contributed by atoms with Crippen LogP contribution in [0.1, 0.15) is 11.1 Å². The second-order valence-electron chi connectivity index (χ2n) is 7.95. The lowest BCUT2D eigenvalue weighted by molar-refractivity contribution is 0.106. The highest BCUT2D eigenvalue weighted by molar-refractivity contribution is 5.74. The van der Waals surface area contributed by atoms with Crippen molar-refractivity contribution >= 4 is 5.96 Å². The monoisotopic (exact) mass is 500 g/mol. The van der Waals surface area contributed by atoms with Crippen molar-refractivity contribution in [2.45, 2.75) is 19.3 Å². The summed E-state index contributed by atoms with van der Waals surface area (Å²) < 4.78 is 43.9. The summed E-state index contributed by atoms with van der Waals surface area (Å²) >= 11 is 0. The van der Waals surface area contributed by atoms with Gasteiger partial charge in [-0.2, -0.15) is 0 Å². The van der Waals surface area contributed by atoms with Gasteiger partial charge in [-0.25, -0.2) is 8.78 Å². The first kappa shape index (κ1) is 26.7. The lowest BCUT2D eigenvalue weighted by Crippen LogP contribution is -2.39. The van der Waals surface area contributed by atoms with E-state index in [2.05, 4.69) is 10.6 Å². The van der Waals surface area contributed by atoms with Crippen LogP contribution in [-0.2, 0) is 13.2 Å². The maximum Gasteiger partial charge on any atom is 0.185 e. The third kappa shape index (κ3) is 9.40. The highest BCUT2D eigenvalue weighted by atomic mass is 19.1. The van der Waals surface area contributed by atoms with Gasteiger partial charge in [0.15, 0.2) is 17.5 Å². The number of halogens is 2. The summed E-state index contributed by atoms with van der Waals surface area (Å²) in [6.45, 7) is 1.72. The van der Waals surface area contributed by atoms with Crippen molar-refractivity contribution in [3.05, 3.63) is 89.5 Å². The van der Waals surface area contributed by atoms with Gasteiger partial charge in [0.25, 0.3) is 0 Å². The Hall–Kier alpha value is -3.89. The molecule has 0 radical (unpaired) electrons. The van der Waals surface area contributed by atoms with Crippen molar-refractivity contribution in [1.82, 2.24) is 10.6 Å². The van der Waals surface area contributed by atoms with E-state index in [1.807, 2.05) is 0 Å². The number of aliphatic hydroxyl groups is 1. The lowest BCUT2D eigenvalue weighted by Gasteiger charge is -2.17. The molecule has 0 aliphatic heterocycles. The molecule has 6 N–H and O–H groups in total. The van der Waals surface area contributed by atoms with E-state index in [4.69, 9.17) is 25.4 Å². The summed E-state index contributed by atoms with van der Waals surface area (Å²) in [5, 5.41) is 23.0. The van der Waals surface area contributed by atoms with Crippen LogP contribution in [0.5, 0.6) is 17.2 Å². The van der Waals surface area contributed by atoms with Gasteiger partial charge in [-0.1, -0.05) is 24.3 Å². The number of nitrogens with one attached hydrogen (secondary N) is 3. The predicted molar refractivity (Wildman–Crippen MR) is 132 cm³/mol. The molecule has 3 aromatic rings. The SMILES string of the molecule is N=C(N)NCCNC[C@@H](O)COc1ccc(OCc2ccc(F)cc2)c(OCc2ccc(F)cc2)c1. The molecular weight excluding hydrogens is 470 g/mol. The fraction of sp³-hybridized carbons (Fsp3) is 0.269. The van der Waals surface area contributed by atoms with Gasteiger partial charge in [0.2, 0.25) is 0 Å². The summed E-state index contributed by atoms with van der Waals surface area (Å²) in [4.78, 5) is 0. The molecule has 0 aromatic heterocycles. The molecule has 8 nitrogen and oxygen atoms in total. The Bertz CT molecular complexity index is 1100. The first-order chi connectivity index (χ1) is 17.4. The molecule has 0 amide bonds. The van der Waals surface area contributed by atoms with Gasteiger partial charge in [0.1, 0.15) is 43.3 Å². The number of aliphatic hydroxyl groups excluding tert-OH is 1. The van der Waals surface area contributed by atoms with Crippen LogP contribution < -0.4 is 30.6 Å². The molecular formula is C26H30F2N4O4. The molecule has 192 valence electrons. The predicted octanol–water partition coefficient (Wildman–Crippen LogP) is 2.94. The Kier molecular flexibility index (Phi) is 10.3. The number of ether oxygens (including phenoxy) is 3. The molecule has 1 atom stereocenters. The maximum absolute atomic E-state index is 13.2. The van der Waals surface area contributed by atoms with Crippen LogP contribution in [0.4, 0.5) is 8.78 Å². The van der Waals surface area contributed by atoms with Gasteiger partial charge >= 0.3 is 0 Å². The van der Waals surface area contributed by atoms with Crippen LogP contribution >= 0.6 is 0 Å². The number of hydrogen-bond acceptors (Lipinski definition) is 6. The molecule has 0 unspecified atom stereocenters. The van der Waals surface area contributed by atoms with E-state index in [0.717, 1.165) is 11.1 Å². The average molecular weight is 501 g/mol. The Morgan fingerprint density at radius 3 is 2.00 bits per heavy atom. The second-order valence-corrected chi connectivity index (χ2v) is 7.95. The minimum Gasteiger partial charge on any atom is -0.491 e. The van der Waals surface area contributed by atoms with Gasteiger partial charge in [0.05, 0.1) is 0 Å². The molecule has 0 aliphatic carbocycles. The van der Waals surface area contributed by atoms with Crippen LogP contribution in [0.25, 0.3) is 0 Å². The molecule has 0 fully saturated rings. The fourth-order valence-corrected chi connectivity index (χ4v) is 3.10. The number of benzene rings is 3. The number of guanidine groups is 1. The van der Waals surface area contributed by atoms with E-state index in [1.165, 1.54) is 24.3 Å². The first-order valence-corrected chi connectivity index (χ1v) is 11.4. The first-order valence-electron chi connectivity index (χ1n) is 11.4. The largest absolute Gasteiger partial charge is 0.491 e. The van der Waals surface area contributed by atoms with Gasteiger partial charge in [0, 0.05) is 25.7 Å². The van der Waals surface area contributed by atoms with E-state index in [0.29, 0.717) is 36.9 Å². The maximum atomic E-state index is 13.2.